The van der Waals surface area contributed by atoms with Gasteiger partial charge in [0.15, 0.2) is 0 Å². The van der Waals surface area contributed by atoms with Crippen molar-refractivity contribution in [2.24, 2.45) is 0 Å². The van der Waals surface area contributed by atoms with E-state index in [0.717, 1.165) is 24.8 Å². The molecule has 0 aliphatic rings. The van der Waals surface area contributed by atoms with Crippen molar-refractivity contribution in [2.45, 2.75) is 39.2 Å². The summed E-state index contributed by atoms with van der Waals surface area (Å²) in [5, 5.41) is 0. The van der Waals surface area contributed by atoms with Crippen molar-refractivity contribution < 1.29 is 14.3 Å². The molecule has 0 saturated heterocycles. The van der Waals surface area contributed by atoms with Crippen molar-refractivity contribution in [3.8, 4) is 5.88 Å². The standard InChI is InChI=1S/C19H23NO3/c1-4-6-17(23-18-12-7-14(5-2)13-20-18)15-8-10-16(11-9-15)19(21)22-3/h7-13,17H,4-6H2,1-3H3. The van der Waals surface area contributed by atoms with Crippen LogP contribution in [0.25, 0.3) is 0 Å². The fourth-order valence-corrected chi connectivity index (χ4v) is 2.34. The number of methoxy groups -OCH3 is 1. The number of ether oxygens (including phenoxy) is 2. The van der Waals surface area contributed by atoms with E-state index in [2.05, 4.69) is 18.8 Å². The molecule has 122 valence electrons. The molecule has 4 heteroatoms. The van der Waals surface area contributed by atoms with Crippen molar-refractivity contribution in [1.29, 1.82) is 0 Å². The topological polar surface area (TPSA) is 48.4 Å². The Morgan fingerprint density at radius 1 is 1.13 bits per heavy atom. The summed E-state index contributed by atoms with van der Waals surface area (Å²) in [6, 6.07) is 11.3. The van der Waals surface area contributed by atoms with Crippen LogP contribution in [0, 0.1) is 0 Å². The number of esters is 1. The van der Waals surface area contributed by atoms with E-state index in [0.29, 0.717) is 11.4 Å². The van der Waals surface area contributed by atoms with E-state index in [-0.39, 0.29) is 12.1 Å². The summed E-state index contributed by atoms with van der Waals surface area (Å²) in [6.07, 6.45) is 4.61. The zero-order valence-corrected chi connectivity index (χ0v) is 13.9. The number of hydrogen-bond acceptors (Lipinski definition) is 4. The van der Waals surface area contributed by atoms with Gasteiger partial charge in [-0.2, -0.15) is 0 Å². The lowest BCUT2D eigenvalue weighted by molar-refractivity contribution is 0.0600. The molecule has 1 aromatic carbocycles. The summed E-state index contributed by atoms with van der Waals surface area (Å²) >= 11 is 0. The number of carbonyl (C=O) groups excluding carboxylic acids is 1. The van der Waals surface area contributed by atoms with Gasteiger partial charge in [0.05, 0.1) is 12.7 Å². The van der Waals surface area contributed by atoms with Gasteiger partial charge in [-0.1, -0.05) is 38.5 Å². The summed E-state index contributed by atoms with van der Waals surface area (Å²) in [4.78, 5) is 15.9. The van der Waals surface area contributed by atoms with Crippen LogP contribution in [0.1, 0.15) is 54.3 Å². The Balaban J connectivity index is 2.14. The molecule has 2 aromatic rings. The summed E-state index contributed by atoms with van der Waals surface area (Å²) in [6.45, 7) is 4.22. The van der Waals surface area contributed by atoms with Gasteiger partial charge in [0.2, 0.25) is 5.88 Å². The third kappa shape index (κ3) is 4.55. The molecule has 0 bridgehead atoms. The number of benzene rings is 1. The van der Waals surface area contributed by atoms with Crippen LogP contribution in [0.3, 0.4) is 0 Å². The number of aryl methyl sites for hydroxylation is 1. The summed E-state index contributed by atoms with van der Waals surface area (Å²) in [7, 11) is 1.38. The lowest BCUT2D eigenvalue weighted by atomic mass is 10.0. The second-order valence-electron chi connectivity index (χ2n) is 5.37. The van der Waals surface area contributed by atoms with Gasteiger partial charge < -0.3 is 9.47 Å². The average molecular weight is 313 g/mol. The molecule has 0 aliphatic heterocycles. The first-order chi connectivity index (χ1) is 11.2. The van der Waals surface area contributed by atoms with Gasteiger partial charge in [0.25, 0.3) is 0 Å². The van der Waals surface area contributed by atoms with Crippen LogP contribution in [0.2, 0.25) is 0 Å². The summed E-state index contributed by atoms with van der Waals surface area (Å²) in [5.41, 5.74) is 2.75. The van der Waals surface area contributed by atoms with Crippen molar-refractivity contribution in [2.75, 3.05) is 7.11 Å². The van der Waals surface area contributed by atoms with E-state index in [1.165, 1.54) is 12.7 Å². The average Bonchev–Trinajstić information content (AvgIpc) is 2.61. The Morgan fingerprint density at radius 2 is 1.87 bits per heavy atom. The van der Waals surface area contributed by atoms with E-state index in [1.807, 2.05) is 30.5 Å². The molecule has 0 saturated carbocycles. The van der Waals surface area contributed by atoms with Crippen LogP contribution < -0.4 is 4.74 Å². The highest BCUT2D eigenvalue weighted by molar-refractivity contribution is 5.89. The third-order valence-corrected chi connectivity index (χ3v) is 3.72. The predicted octanol–water partition coefficient (Wildman–Crippen LogP) is 4.35. The maximum absolute atomic E-state index is 11.5. The first-order valence-corrected chi connectivity index (χ1v) is 7.97. The maximum atomic E-state index is 11.5. The summed E-state index contributed by atoms with van der Waals surface area (Å²) < 4.78 is 10.8. The van der Waals surface area contributed by atoms with Crippen LogP contribution in [-0.2, 0) is 11.2 Å². The zero-order valence-electron chi connectivity index (χ0n) is 13.9. The minimum absolute atomic E-state index is 0.0772. The Hall–Kier alpha value is -2.36. The van der Waals surface area contributed by atoms with Crippen molar-refractivity contribution >= 4 is 5.97 Å². The Labute approximate surface area is 137 Å². The molecule has 1 aromatic heterocycles. The van der Waals surface area contributed by atoms with Gasteiger partial charge in [-0.15, -0.1) is 0 Å². The van der Waals surface area contributed by atoms with E-state index < -0.39 is 0 Å². The second kappa shape index (κ2) is 8.32. The van der Waals surface area contributed by atoms with Crippen LogP contribution in [0.15, 0.2) is 42.6 Å². The first-order valence-electron chi connectivity index (χ1n) is 7.97. The minimum Gasteiger partial charge on any atom is -0.469 e. The van der Waals surface area contributed by atoms with Gasteiger partial charge >= 0.3 is 5.97 Å². The Bertz CT molecular complexity index is 620. The zero-order chi connectivity index (χ0) is 16.7. The molecule has 0 aliphatic carbocycles. The molecule has 1 heterocycles. The molecular weight excluding hydrogens is 290 g/mol. The number of aromatic nitrogens is 1. The Morgan fingerprint density at radius 3 is 2.39 bits per heavy atom. The molecule has 0 spiro atoms. The highest BCUT2D eigenvalue weighted by atomic mass is 16.5. The molecule has 4 nitrogen and oxygen atoms in total. The van der Waals surface area contributed by atoms with E-state index >= 15 is 0 Å². The molecular formula is C19H23NO3. The molecule has 1 unspecified atom stereocenters. The molecule has 0 amide bonds. The second-order valence-corrected chi connectivity index (χ2v) is 5.37. The highest BCUT2D eigenvalue weighted by Gasteiger charge is 2.14. The van der Waals surface area contributed by atoms with Crippen LogP contribution in [0.4, 0.5) is 0 Å². The van der Waals surface area contributed by atoms with Gasteiger partial charge in [-0.3, -0.25) is 0 Å². The number of pyridine rings is 1. The number of nitrogens with zero attached hydrogens (tertiary/aromatic N) is 1. The Kier molecular flexibility index (Phi) is 6.15. The van der Waals surface area contributed by atoms with Crippen molar-refractivity contribution in [3.05, 3.63) is 59.3 Å². The van der Waals surface area contributed by atoms with Gasteiger partial charge in [0.1, 0.15) is 6.10 Å². The minimum atomic E-state index is -0.332. The molecule has 1 atom stereocenters. The van der Waals surface area contributed by atoms with Gasteiger partial charge in [-0.05, 0) is 36.1 Å². The van der Waals surface area contributed by atoms with E-state index in [9.17, 15) is 4.79 Å². The van der Waals surface area contributed by atoms with Crippen molar-refractivity contribution in [3.63, 3.8) is 0 Å². The lowest BCUT2D eigenvalue weighted by Gasteiger charge is -2.18. The molecule has 0 fully saturated rings. The van der Waals surface area contributed by atoms with Crippen LogP contribution in [0.5, 0.6) is 5.88 Å². The highest BCUT2D eigenvalue weighted by Crippen LogP contribution is 2.25. The fraction of sp³-hybridized carbons (Fsp3) is 0.368. The quantitative estimate of drug-likeness (QED) is 0.713. The smallest absolute Gasteiger partial charge is 0.337 e. The largest absolute Gasteiger partial charge is 0.469 e. The van der Waals surface area contributed by atoms with Crippen molar-refractivity contribution in [1.82, 2.24) is 4.98 Å². The van der Waals surface area contributed by atoms with Gasteiger partial charge in [-0.25, -0.2) is 9.78 Å². The van der Waals surface area contributed by atoms with E-state index in [4.69, 9.17) is 9.47 Å². The number of rotatable bonds is 7. The number of hydrogen-bond donors (Lipinski definition) is 0. The lowest BCUT2D eigenvalue weighted by Crippen LogP contribution is -2.09. The van der Waals surface area contributed by atoms with E-state index in [1.54, 1.807) is 12.1 Å². The SMILES string of the molecule is CCCC(Oc1ccc(CC)cn1)c1ccc(C(=O)OC)cc1. The van der Waals surface area contributed by atoms with Gasteiger partial charge in [0, 0.05) is 12.3 Å². The molecule has 0 N–H and O–H groups in total. The maximum Gasteiger partial charge on any atom is 0.337 e. The molecule has 2 rings (SSSR count). The van der Waals surface area contributed by atoms with Crippen LogP contribution in [-0.4, -0.2) is 18.1 Å². The molecule has 0 radical (unpaired) electrons. The van der Waals surface area contributed by atoms with Crippen LogP contribution >= 0.6 is 0 Å². The normalized spacial score (nSPS) is 11.8. The monoisotopic (exact) mass is 313 g/mol. The summed E-state index contributed by atoms with van der Waals surface area (Å²) in [5.74, 6) is 0.291. The molecule has 23 heavy (non-hydrogen) atoms. The first kappa shape index (κ1) is 17.0. The predicted molar refractivity (Wildman–Crippen MR) is 89.7 cm³/mol. The third-order valence-electron chi connectivity index (χ3n) is 3.72. The number of carbonyl (C=O) groups is 1. The fourth-order valence-electron chi connectivity index (χ4n) is 2.34.